The minimum absolute atomic E-state index is 0.0738. The molecule has 0 N–H and O–H groups in total. The monoisotopic (exact) mass is 728 g/mol. The van der Waals surface area contributed by atoms with E-state index < -0.39 is 16.0 Å². The number of ether oxygens (including phenoxy) is 1. The highest BCUT2D eigenvalue weighted by Gasteiger charge is 2.48. The largest absolute Gasteiger partial charge is 0.451 e. The molecule has 2 amide bonds. The van der Waals surface area contributed by atoms with E-state index in [1.165, 1.54) is 24.5 Å². The standard InChI is InChI=1S/C36H53FN8O5S/c1-6-33(46)41-15-17-44(18-16-41)51(48,49)43-13-10-36(11-14-43)23-40(24-36)21-28-9-12-42(22-28)34-32(20-38-25-39-34)50-31-8-7-29(37)19-30(31)35(47)45(26(2)3)27(4)5/h7-8,19-20,25-28H,6,9-18,21-24H2,1-5H3. The zero-order valence-corrected chi connectivity index (χ0v) is 31.4. The number of benzene rings is 1. The van der Waals surface area contributed by atoms with Gasteiger partial charge in [-0.3, -0.25) is 9.59 Å². The molecule has 0 aliphatic carbocycles. The van der Waals surface area contributed by atoms with Crippen molar-refractivity contribution in [3.05, 3.63) is 42.1 Å². The summed E-state index contributed by atoms with van der Waals surface area (Å²) in [7, 11) is -3.53. The predicted octanol–water partition coefficient (Wildman–Crippen LogP) is 3.69. The molecule has 2 aromatic rings. The third-order valence-electron chi connectivity index (χ3n) is 10.9. The van der Waals surface area contributed by atoms with Crippen molar-refractivity contribution in [1.82, 2.24) is 33.3 Å². The Balaban J connectivity index is 1.01. The summed E-state index contributed by atoms with van der Waals surface area (Å²) in [6.45, 7) is 16.8. The number of carbonyl (C=O) groups is 2. The van der Waals surface area contributed by atoms with E-state index in [2.05, 4.69) is 19.8 Å². The molecule has 0 saturated carbocycles. The maximum absolute atomic E-state index is 14.4. The average Bonchev–Trinajstić information content (AvgIpc) is 3.56. The van der Waals surface area contributed by atoms with Crippen molar-refractivity contribution in [2.75, 3.05) is 76.9 Å². The smallest absolute Gasteiger partial charge is 0.282 e. The summed E-state index contributed by atoms with van der Waals surface area (Å²) < 4.78 is 50.7. The second-order valence-electron chi connectivity index (χ2n) is 15.2. The molecule has 1 aromatic heterocycles. The number of carbonyl (C=O) groups excluding carboxylic acids is 2. The van der Waals surface area contributed by atoms with E-state index in [9.17, 15) is 22.4 Å². The van der Waals surface area contributed by atoms with Crippen LogP contribution < -0.4 is 9.64 Å². The normalized spacial score (nSPS) is 21.8. The molecule has 4 aliphatic heterocycles. The molecule has 280 valence electrons. The van der Waals surface area contributed by atoms with E-state index in [1.54, 1.807) is 24.6 Å². The fourth-order valence-corrected chi connectivity index (χ4v) is 9.93. The highest BCUT2D eigenvalue weighted by molar-refractivity contribution is 7.86. The van der Waals surface area contributed by atoms with Crippen molar-refractivity contribution < 1.29 is 27.1 Å². The number of aromatic nitrogens is 2. The molecule has 1 aromatic carbocycles. The highest BCUT2D eigenvalue weighted by Crippen LogP contribution is 2.42. The molecule has 1 unspecified atom stereocenters. The number of anilines is 1. The maximum Gasteiger partial charge on any atom is 0.282 e. The summed E-state index contributed by atoms with van der Waals surface area (Å²) in [6, 6.07) is 3.86. The van der Waals surface area contributed by atoms with Crippen LogP contribution in [-0.4, -0.2) is 138 Å². The Morgan fingerprint density at radius 3 is 2.29 bits per heavy atom. The van der Waals surface area contributed by atoms with Gasteiger partial charge in [0.2, 0.25) is 5.91 Å². The Hall–Kier alpha value is -3.40. The van der Waals surface area contributed by atoms with Crippen LogP contribution in [0.2, 0.25) is 0 Å². The molecule has 0 bridgehead atoms. The number of hydrogen-bond donors (Lipinski definition) is 0. The van der Waals surface area contributed by atoms with Crippen LogP contribution in [0.5, 0.6) is 11.5 Å². The van der Waals surface area contributed by atoms with Gasteiger partial charge in [-0.1, -0.05) is 6.92 Å². The molecule has 4 fully saturated rings. The van der Waals surface area contributed by atoms with Crippen molar-refractivity contribution in [2.24, 2.45) is 11.3 Å². The Kier molecular flexibility index (Phi) is 11.2. The van der Waals surface area contributed by atoms with Crippen molar-refractivity contribution >= 4 is 27.8 Å². The molecule has 0 radical (unpaired) electrons. The van der Waals surface area contributed by atoms with Crippen LogP contribution in [0.4, 0.5) is 10.2 Å². The Morgan fingerprint density at radius 2 is 1.65 bits per heavy atom. The molecular weight excluding hydrogens is 676 g/mol. The topological polar surface area (TPSA) is 123 Å². The van der Waals surface area contributed by atoms with Gasteiger partial charge in [0, 0.05) is 90.5 Å². The van der Waals surface area contributed by atoms with Gasteiger partial charge in [0.1, 0.15) is 17.9 Å². The van der Waals surface area contributed by atoms with Crippen LogP contribution in [-0.2, 0) is 15.0 Å². The molecule has 4 aliphatic rings. The van der Waals surface area contributed by atoms with Gasteiger partial charge in [0.15, 0.2) is 11.6 Å². The number of rotatable bonds is 11. The molecule has 5 heterocycles. The van der Waals surface area contributed by atoms with Gasteiger partial charge >= 0.3 is 0 Å². The van der Waals surface area contributed by atoms with Crippen LogP contribution in [0, 0.1) is 17.2 Å². The molecular formula is C36H53FN8O5S. The van der Waals surface area contributed by atoms with Gasteiger partial charge in [-0.05, 0) is 76.5 Å². The molecule has 13 nitrogen and oxygen atoms in total. The highest BCUT2D eigenvalue weighted by atomic mass is 32.2. The lowest BCUT2D eigenvalue weighted by molar-refractivity contribution is -0.132. The maximum atomic E-state index is 14.4. The zero-order chi connectivity index (χ0) is 36.5. The van der Waals surface area contributed by atoms with Crippen molar-refractivity contribution in [2.45, 2.75) is 72.4 Å². The number of nitrogens with zero attached hydrogens (tertiary/aromatic N) is 8. The zero-order valence-electron chi connectivity index (χ0n) is 30.6. The van der Waals surface area contributed by atoms with Crippen molar-refractivity contribution in [1.29, 1.82) is 0 Å². The number of hydrogen-bond acceptors (Lipinski definition) is 9. The van der Waals surface area contributed by atoms with Gasteiger partial charge < -0.3 is 24.3 Å². The minimum atomic E-state index is -3.53. The summed E-state index contributed by atoms with van der Waals surface area (Å²) in [6.07, 6.45) is 6.23. The van der Waals surface area contributed by atoms with E-state index in [1.807, 2.05) is 34.6 Å². The average molecular weight is 729 g/mol. The first-order chi connectivity index (χ1) is 24.3. The number of likely N-dealkylation sites (tertiary alicyclic amines) is 1. The molecule has 15 heteroatoms. The predicted molar refractivity (Wildman–Crippen MR) is 192 cm³/mol. The SMILES string of the molecule is CCC(=O)N1CCN(S(=O)(=O)N2CCC3(CC2)CN(CC2CCN(c4ncncc4Oc4ccc(F)cc4C(=O)N(C(C)C)C(C)C)C2)C3)CC1. The summed E-state index contributed by atoms with van der Waals surface area (Å²) in [5, 5.41) is 0. The number of halogens is 1. The first-order valence-electron chi connectivity index (χ1n) is 18.4. The van der Waals surface area contributed by atoms with Gasteiger partial charge in [0.25, 0.3) is 16.1 Å². The lowest BCUT2D eigenvalue weighted by Crippen LogP contribution is -2.62. The molecule has 4 saturated heterocycles. The minimum Gasteiger partial charge on any atom is -0.451 e. The fraction of sp³-hybridized carbons (Fsp3) is 0.667. The fourth-order valence-electron chi connectivity index (χ4n) is 8.33. The van der Waals surface area contributed by atoms with Gasteiger partial charge in [-0.25, -0.2) is 14.4 Å². The van der Waals surface area contributed by atoms with E-state index in [0.29, 0.717) is 63.2 Å². The third-order valence-corrected chi connectivity index (χ3v) is 13.0. The van der Waals surface area contributed by atoms with Crippen LogP contribution in [0.1, 0.15) is 70.7 Å². The van der Waals surface area contributed by atoms with E-state index in [0.717, 1.165) is 52.0 Å². The molecule has 51 heavy (non-hydrogen) atoms. The molecule has 6 rings (SSSR count). The number of piperazine rings is 1. The van der Waals surface area contributed by atoms with Crippen LogP contribution in [0.25, 0.3) is 0 Å². The first-order valence-corrected chi connectivity index (χ1v) is 19.8. The van der Waals surface area contributed by atoms with Crippen LogP contribution >= 0.6 is 0 Å². The quantitative estimate of drug-likeness (QED) is 0.341. The first kappa shape index (κ1) is 37.4. The summed E-state index contributed by atoms with van der Waals surface area (Å²) in [5.74, 6) is 1.02. The lowest BCUT2D eigenvalue weighted by Gasteiger charge is -2.54. The summed E-state index contributed by atoms with van der Waals surface area (Å²) >= 11 is 0. The van der Waals surface area contributed by atoms with E-state index >= 15 is 0 Å². The second kappa shape index (κ2) is 15.3. The Bertz CT molecular complexity index is 1660. The summed E-state index contributed by atoms with van der Waals surface area (Å²) in [5.41, 5.74) is 0.319. The van der Waals surface area contributed by atoms with Crippen molar-refractivity contribution in [3.8, 4) is 11.5 Å². The summed E-state index contributed by atoms with van der Waals surface area (Å²) in [4.78, 5) is 42.5. The van der Waals surface area contributed by atoms with Gasteiger partial charge in [-0.2, -0.15) is 17.0 Å². The van der Waals surface area contributed by atoms with Gasteiger partial charge in [-0.15, -0.1) is 0 Å². The molecule has 1 spiro atoms. The number of amides is 2. The third kappa shape index (κ3) is 8.01. The lowest BCUT2D eigenvalue weighted by atomic mass is 9.72. The Morgan fingerprint density at radius 1 is 0.980 bits per heavy atom. The van der Waals surface area contributed by atoms with E-state index in [-0.39, 0.29) is 40.6 Å². The van der Waals surface area contributed by atoms with E-state index in [4.69, 9.17) is 4.74 Å². The second-order valence-corrected chi connectivity index (χ2v) is 17.1. The van der Waals surface area contributed by atoms with Crippen molar-refractivity contribution in [3.63, 3.8) is 0 Å². The number of piperidine rings is 1. The van der Waals surface area contributed by atoms with Crippen LogP contribution in [0.15, 0.2) is 30.7 Å². The Labute approximate surface area is 301 Å². The van der Waals surface area contributed by atoms with Gasteiger partial charge in [0.05, 0.1) is 11.8 Å². The molecule has 1 atom stereocenters. The van der Waals surface area contributed by atoms with Crippen LogP contribution in [0.3, 0.4) is 0 Å².